The summed E-state index contributed by atoms with van der Waals surface area (Å²) in [5, 5.41) is 23.1. The minimum Gasteiger partial charge on any atom is -0.321 e. The van der Waals surface area contributed by atoms with Gasteiger partial charge in [0.05, 0.1) is 45.8 Å². The zero-order valence-corrected chi connectivity index (χ0v) is 11.2. The summed E-state index contributed by atoms with van der Waals surface area (Å²) >= 11 is 0. The van der Waals surface area contributed by atoms with E-state index >= 15 is 0 Å². The van der Waals surface area contributed by atoms with Crippen molar-refractivity contribution < 1.29 is 9.59 Å². The van der Waals surface area contributed by atoms with E-state index in [1.807, 2.05) is 12.1 Å². The van der Waals surface area contributed by atoms with Crippen LogP contribution in [0.2, 0.25) is 0 Å². The van der Waals surface area contributed by atoms with Crippen LogP contribution in [0.5, 0.6) is 0 Å². The fourth-order valence-electron chi connectivity index (χ4n) is 2.20. The molecule has 2 aromatic rings. The van der Waals surface area contributed by atoms with Gasteiger partial charge < -0.3 is 10.6 Å². The number of nitriles is 2. The number of carbonyl (C=O) groups is 2. The molecule has 2 amide bonds. The first kappa shape index (κ1) is 13.3. The molecule has 0 spiro atoms. The van der Waals surface area contributed by atoms with Gasteiger partial charge in [0.25, 0.3) is 11.8 Å². The SMILES string of the molecule is N#Cc1ccc2c(c1)C(=O)Nc1ccc(C#N)cc1C(=O)N2. The van der Waals surface area contributed by atoms with Gasteiger partial charge >= 0.3 is 0 Å². The van der Waals surface area contributed by atoms with E-state index in [-0.39, 0.29) is 11.1 Å². The van der Waals surface area contributed by atoms with Crippen molar-refractivity contribution in [2.45, 2.75) is 0 Å². The summed E-state index contributed by atoms with van der Waals surface area (Å²) in [5.41, 5.74) is 1.70. The Kier molecular flexibility index (Phi) is 3.06. The van der Waals surface area contributed by atoms with Crippen molar-refractivity contribution >= 4 is 23.2 Å². The van der Waals surface area contributed by atoms with Gasteiger partial charge in [0.15, 0.2) is 0 Å². The third-order valence-electron chi connectivity index (χ3n) is 3.28. The quantitative estimate of drug-likeness (QED) is 0.775. The number of carbonyl (C=O) groups excluding carboxylic acids is 2. The average molecular weight is 288 g/mol. The molecule has 0 aromatic heterocycles. The van der Waals surface area contributed by atoms with Crippen LogP contribution < -0.4 is 10.6 Å². The molecule has 0 bridgehead atoms. The van der Waals surface area contributed by atoms with Crippen LogP contribution in [0.15, 0.2) is 36.4 Å². The van der Waals surface area contributed by atoms with Gasteiger partial charge in [-0.25, -0.2) is 0 Å². The molecule has 0 saturated heterocycles. The molecule has 104 valence electrons. The second-order valence-corrected chi connectivity index (χ2v) is 4.65. The maximum absolute atomic E-state index is 12.3. The number of nitrogens with zero attached hydrogens (tertiary/aromatic N) is 2. The predicted octanol–water partition coefficient (Wildman–Crippen LogP) is 2.25. The first-order chi connectivity index (χ1) is 10.6. The monoisotopic (exact) mass is 288 g/mol. The van der Waals surface area contributed by atoms with E-state index in [0.717, 1.165) is 0 Å². The standard InChI is InChI=1S/C16H8N4O2/c17-7-9-1-3-13-11(5-9)15(21)20-14-4-2-10(8-18)6-12(14)16(22)19-13/h1-6H,(H,19,22)(H,20,21). The van der Waals surface area contributed by atoms with Crippen LogP contribution >= 0.6 is 0 Å². The lowest BCUT2D eigenvalue weighted by Gasteiger charge is -2.18. The van der Waals surface area contributed by atoms with Gasteiger partial charge in [-0.2, -0.15) is 10.5 Å². The van der Waals surface area contributed by atoms with Crippen molar-refractivity contribution in [2.24, 2.45) is 0 Å². The van der Waals surface area contributed by atoms with E-state index in [2.05, 4.69) is 10.6 Å². The normalized spacial score (nSPS) is 12.5. The zero-order valence-electron chi connectivity index (χ0n) is 11.2. The smallest absolute Gasteiger partial charge is 0.257 e. The Bertz CT molecular complexity index is 828. The summed E-state index contributed by atoms with van der Waals surface area (Å²) in [5.74, 6) is -0.865. The lowest BCUT2D eigenvalue weighted by Crippen LogP contribution is -2.24. The summed E-state index contributed by atoms with van der Waals surface area (Å²) in [4.78, 5) is 24.6. The molecule has 1 heterocycles. The molecule has 0 aliphatic carbocycles. The van der Waals surface area contributed by atoms with Gasteiger partial charge in [-0.05, 0) is 36.4 Å². The molecule has 1 aliphatic rings. The number of hydrogen-bond donors (Lipinski definition) is 2. The highest BCUT2D eigenvalue weighted by molar-refractivity contribution is 6.18. The fraction of sp³-hybridized carbons (Fsp3) is 0. The van der Waals surface area contributed by atoms with Crippen molar-refractivity contribution in [1.29, 1.82) is 10.5 Å². The number of nitrogens with one attached hydrogen (secondary N) is 2. The Morgan fingerprint density at radius 2 is 1.14 bits per heavy atom. The number of hydrogen-bond acceptors (Lipinski definition) is 4. The van der Waals surface area contributed by atoms with Crippen molar-refractivity contribution in [1.82, 2.24) is 0 Å². The minimum absolute atomic E-state index is 0.211. The maximum atomic E-state index is 12.3. The minimum atomic E-state index is -0.432. The van der Waals surface area contributed by atoms with Gasteiger partial charge in [0.2, 0.25) is 0 Å². The van der Waals surface area contributed by atoms with Crippen LogP contribution in [0, 0.1) is 22.7 Å². The largest absolute Gasteiger partial charge is 0.321 e. The van der Waals surface area contributed by atoms with E-state index in [4.69, 9.17) is 10.5 Å². The van der Waals surface area contributed by atoms with Crippen LogP contribution in [0.4, 0.5) is 11.4 Å². The average Bonchev–Trinajstić information content (AvgIpc) is 2.54. The van der Waals surface area contributed by atoms with Gasteiger partial charge in [0, 0.05) is 0 Å². The molecule has 0 saturated carbocycles. The molecule has 6 nitrogen and oxygen atoms in total. The van der Waals surface area contributed by atoms with Crippen molar-refractivity contribution in [2.75, 3.05) is 10.6 Å². The van der Waals surface area contributed by atoms with E-state index in [1.165, 1.54) is 36.4 Å². The van der Waals surface area contributed by atoms with Gasteiger partial charge in [-0.15, -0.1) is 0 Å². The Labute approximate surface area is 125 Å². The van der Waals surface area contributed by atoms with Crippen LogP contribution in [-0.2, 0) is 0 Å². The first-order valence-electron chi connectivity index (χ1n) is 6.33. The Morgan fingerprint density at radius 3 is 1.50 bits per heavy atom. The van der Waals surface area contributed by atoms with Gasteiger partial charge in [-0.1, -0.05) is 0 Å². The second-order valence-electron chi connectivity index (χ2n) is 4.65. The van der Waals surface area contributed by atoms with Crippen molar-refractivity contribution in [3.63, 3.8) is 0 Å². The highest BCUT2D eigenvalue weighted by Gasteiger charge is 2.22. The molecule has 2 N–H and O–H groups in total. The number of amides is 2. The Morgan fingerprint density at radius 1 is 0.727 bits per heavy atom. The summed E-state index contributed by atoms with van der Waals surface area (Å²) in [6.45, 7) is 0. The zero-order chi connectivity index (χ0) is 15.7. The molecule has 2 aromatic carbocycles. The topological polar surface area (TPSA) is 106 Å². The van der Waals surface area contributed by atoms with Crippen LogP contribution in [0.3, 0.4) is 0 Å². The van der Waals surface area contributed by atoms with Crippen molar-refractivity contribution in [3.8, 4) is 12.1 Å². The molecule has 0 atom stereocenters. The molecule has 0 radical (unpaired) electrons. The number of rotatable bonds is 0. The van der Waals surface area contributed by atoms with Crippen LogP contribution in [0.25, 0.3) is 0 Å². The van der Waals surface area contributed by atoms with E-state index < -0.39 is 11.8 Å². The van der Waals surface area contributed by atoms with E-state index in [1.54, 1.807) is 0 Å². The number of benzene rings is 2. The third kappa shape index (κ3) is 2.15. The number of anilines is 2. The highest BCUT2D eigenvalue weighted by Crippen LogP contribution is 2.26. The maximum Gasteiger partial charge on any atom is 0.257 e. The molecule has 0 unspecified atom stereocenters. The Balaban J connectivity index is 2.14. The van der Waals surface area contributed by atoms with Gasteiger partial charge in [0.1, 0.15) is 0 Å². The molecule has 1 aliphatic heterocycles. The fourth-order valence-corrected chi connectivity index (χ4v) is 2.20. The van der Waals surface area contributed by atoms with Gasteiger partial charge in [-0.3, -0.25) is 9.59 Å². The Hall–Kier alpha value is -3.64. The predicted molar refractivity (Wildman–Crippen MR) is 78.2 cm³/mol. The summed E-state index contributed by atoms with van der Waals surface area (Å²) in [7, 11) is 0. The lowest BCUT2D eigenvalue weighted by molar-refractivity contribution is 0.102. The van der Waals surface area contributed by atoms with Crippen LogP contribution in [-0.4, -0.2) is 11.8 Å². The summed E-state index contributed by atoms with van der Waals surface area (Å²) < 4.78 is 0. The van der Waals surface area contributed by atoms with Crippen molar-refractivity contribution in [3.05, 3.63) is 58.7 Å². The molecular weight excluding hydrogens is 280 g/mol. The molecule has 0 fully saturated rings. The highest BCUT2D eigenvalue weighted by atomic mass is 16.2. The lowest BCUT2D eigenvalue weighted by atomic mass is 10.0. The summed E-state index contributed by atoms with van der Waals surface area (Å²) in [6.07, 6.45) is 0. The molecule has 3 rings (SSSR count). The van der Waals surface area contributed by atoms with E-state index in [9.17, 15) is 9.59 Å². The molecular formula is C16H8N4O2. The second kappa shape index (κ2) is 5.04. The third-order valence-corrected chi connectivity index (χ3v) is 3.28. The number of fused-ring (bicyclic) bond motifs is 2. The van der Waals surface area contributed by atoms with E-state index in [0.29, 0.717) is 22.5 Å². The first-order valence-corrected chi connectivity index (χ1v) is 6.33. The van der Waals surface area contributed by atoms with Crippen LogP contribution in [0.1, 0.15) is 31.8 Å². The molecule has 22 heavy (non-hydrogen) atoms. The summed E-state index contributed by atoms with van der Waals surface area (Å²) in [6, 6.07) is 12.8. The molecule has 6 heteroatoms.